The van der Waals surface area contributed by atoms with E-state index in [1.54, 1.807) is 12.1 Å². The summed E-state index contributed by atoms with van der Waals surface area (Å²) in [5.74, 6) is -4.49. The summed E-state index contributed by atoms with van der Waals surface area (Å²) < 4.78 is 0. The Morgan fingerprint density at radius 2 is 1.24 bits per heavy atom. The van der Waals surface area contributed by atoms with Crippen LogP contribution in [-0.2, 0) is 35.2 Å². The van der Waals surface area contributed by atoms with Gasteiger partial charge in [0, 0.05) is 77.4 Å². The maximum Gasteiger partial charge on any atom is 0.226 e. The molecule has 10 atom stereocenters. The van der Waals surface area contributed by atoms with Crippen molar-refractivity contribution >= 4 is 35.4 Å². The van der Waals surface area contributed by atoms with E-state index in [1.165, 1.54) is 12.1 Å². The lowest BCUT2D eigenvalue weighted by Gasteiger charge is -2.28. The van der Waals surface area contributed by atoms with Gasteiger partial charge in [-0.25, -0.2) is 0 Å². The highest BCUT2D eigenvalue weighted by Gasteiger charge is 2.40. The van der Waals surface area contributed by atoms with Gasteiger partial charge < -0.3 is 64.0 Å². The van der Waals surface area contributed by atoms with E-state index in [2.05, 4.69) is 53.2 Å². The number of nitrogens with two attached hydrogens (primary N) is 1. The summed E-state index contributed by atoms with van der Waals surface area (Å²) >= 11 is 0. The third-order valence-electron chi connectivity index (χ3n) is 11.5. The second kappa shape index (κ2) is 19.5. The van der Waals surface area contributed by atoms with Crippen LogP contribution in [0.2, 0.25) is 0 Å². The molecule has 13 N–H and O–H groups in total. The van der Waals surface area contributed by atoms with Gasteiger partial charge in [0.25, 0.3) is 0 Å². The summed E-state index contributed by atoms with van der Waals surface area (Å²) in [6, 6.07) is 4.61. The van der Waals surface area contributed by atoms with Crippen LogP contribution in [0.1, 0.15) is 25.8 Å². The molecule has 304 valence electrons. The van der Waals surface area contributed by atoms with Crippen molar-refractivity contribution < 1.29 is 33.9 Å². The molecule has 0 saturated carbocycles. The zero-order valence-corrected chi connectivity index (χ0v) is 31.9. The Morgan fingerprint density at radius 3 is 1.82 bits per heavy atom. The quantitative estimate of drug-likeness (QED) is 0.0717. The molecule has 0 aliphatic carbocycles. The van der Waals surface area contributed by atoms with Gasteiger partial charge in [-0.3, -0.25) is 28.8 Å². The van der Waals surface area contributed by atoms with Crippen molar-refractivity contribution in [1.29, 1.82) is 0 Å². The lowest BCUT2D eigenvalue weighted by molar-refractivity contribution is -0.129. The lowest BCUT2D eigenvalue weighted by Crippen LogP contribution is -2.53. The van der Waals surface area contributed by atoms with E-state index < -0.39 is 53.7 Å². The molecule has 4 saturated heterocycles. The Bertz CT molecular complexity index is 1530. The highest BCUT2D eigenvalue weighted by molar-refractivity contribution is 5.87. The number of carbonyl (C=O) groups excluding carboxylic acids is 6. The summed E-state index contributed by atoms with van der Waals surface area (Å²) in [5.41, 5.74) is 6.27. The van der Waals surface area contributed by atoms with Crippen LogP contribution in [-0.4, -0.2) is 137 Å². The van der Waals surface area contributed by atoms with Gasteiger partial charge in [-0.05, 0) is 37.1 Å². The molecule has 18 heteroatoms. The number of phenolic OH excluding ortho intramolecular Hbond substituents is 1. The Hall–Kier alpha value is -4.36. The molecule has 1 aromatic rings. The van der Waals surface area contributed by atoms with Gasteiger partial charge in [0.15, 0.2) is 0 Å². The van der Waals surface area contributed by atoms with Gasteiger partial charge in [0.05, 0.1) is 47.7 Å². The van der Waals surface area contributed by atoms with Crippen molar-refractivity contribution in [3.8, 4) is 5.75 Å². The first-order valence-corrected chi connectivity index (χ1v) is 19.4. The third kappa shape index (κ3) is 11.1. The summed E-state index contributed by atoms with van der Waals surface area (Å²) in [6.07, 6.45) is 0.260. The van der Waals surface area contributed by atoms with Gasteiger partial charge >= 0.3 is 0 Å². The van der Waals surface area contributed by atoms with Crippen molar-refractivity contribution in [2.24, 2.45) is 41.2 Å². The fourth-order valence-corrected chi connectivity index (χ4v) is 7.93. The molecule has 0 unspecified atom stereocenters. The van der Waals surface area contributed by atoms with Crippen molar-refractivity contribution in [3.63, 3.8) is 0 Å². The number of carbonyl (C=O) groups is 6. The third-order valence-corrected chi connectivity index (χ3v) is 11.5. The molecule has 1 aromatic carbocycles. The molecular formula is C37H59N11O7. The number of likely N-dealkylation sites (N-methyl/N-ethyl adjacent to an activating group) is 1. The molecular weight excluding hydrogens is 710 g/mol. The first-order chi connectivity index (χ1) is 26.3. The van der Waals surface area contributed by atoms with Crippen molar-refractivity contribution in [2.75, 3.05) is 66.0 Å². The van der Waals surface area contributed by atoms with Gasteiger partial charge in [0.2, 0.25) is 35.4 Å². The minimum Gasteiger partial charge on any atom is -0.508 e. The van der Waals surface area contributed by atoms with Gasteiger partial charge in [-0.2, -0.15) is 0 Å². The van der Waals surface area contributed by atoms with Crippen LogP contribution in [0.25, 0.3) is 0 Å². The molecule has 0 aromatic heterocycles. The predicted molar refractivity (Wildman–Crippen MR) is 203 cm³/mol. The number of phenols is 1. The minimum atomic E-state index is -0.720. The Morgan fingerprint density at radius 1 is 0.709 bits per heavy atom. The van der Waals surface area contributed by atoms with E-state index in [0.29, 0.717) is 52.4 Å². The van der Waals surface area contributed by atoms with E-state index in [0.717, 1.165) is 5.56 Å². The number of rotatable bonds is 17. The predicted octanol–water partition coefficient (Wildman–Crippen LogP) is -4.40. The van der Waals surface area contributed by atoms with E-state index in [1.807, 2.05) is 20.9 Å². The normalized spacial score (nSPS) is 28.7. The highest BCUT2D eigenvalue weighted by atomic mass is 16.3. The van der Waals surface area contributed by atoms with Gasteiger partial charge in [-0.15, -0.1) is 0 Å². The molecule has 4 fully saturated rings. The first kappa shape index (κ1) is 41.8. The topological polar surface area (TPSA) is 269 Å². The Balaban J connectivity index is 1.19. The largest absolute Gasteiger partial charge is 0.508 e. The maximum absolute atomic E-state index is 14.0. The molecule has 0 radical (unpaired) electrons. The van der Waals surface area contributed by atoms with E-state index >= 15 is 0 Å². The fourth-order valence-electron chi connectivity index (χ4n) is 7.93. The van der Waals surface area contributed by atoms with E-state index in [9.17, 15) is 33.9 Å². The Labute approximate surface area is 321 Å². The van der Waals surface area contributed by atoms with Crippen molar-refractivity contribution in [2.45, 2.75) is 56.9 Å². The average Bonchev–Trinajstić information content (AvgIpc) is 3.98. The maximum atomic E-state index is 14.0. The summed E-state index contributed by atoms with van der Waals surface area (Å²) in [4.78, 5) is 79.1. The van der Waals surface area contributed by atoms with Crippen LogP contribution in [0.3, 0.4) is 0 Å². The highest BCUT2D eigenvalue weighted by Crippen LogP contribution is 2.19. The number of primary amides is 1. The first-order valence-electron chi connectivity index (χ1n) is 19.4. The average molecular weight is 770 g/mol. The molecule has 55 heavy (non-hydrogen) atoms. The molecule has 4 aliphatic heterocycles. The molecule has 5 rings (SSSR count). The molecule has 6 amide bonds. The molecule has 0 spiro atoms. The summed E-state index contributed by atoms with van der Waals surface area (Å²) in [6.45, 7) is 7.35. The molecule has 0 bridgehead atoms. The number of hydrogen-bond donors (Lipinski definition) is 12. The number of amides is 6. The number of benzene rings is 1. The van der Waals surface area contributed by atoms with Crippen LogP contribution in [0.15, 0.2) is 24.3 Å². The second-order valence-electron chi connectivity index (χ2n) is 15.6. The van der Waals surface area contributed by atoms with Crippen LogP contribution in [0.5, 0.6) is 5.75 Å². The fraction of sp³-hybridized carbons (Fsp3) is 0.676. The zero-order chi connectivity index (χ0) is 39.6. The standard InChI is InChI=1S/C37H59N11O7/c1-19(2)27(9-32(50)45-29-16-40-11-23(29)33(38)51)46-37(55)26-14-43-18-31(26)47-34(52)21(8-20-4-6-22(49)7-5-20)10-44-35(53)25-13-42-17-30(25)48-36(54)24-12-41-15-28(24)39-3/h4-7,19,21,23-31,39-43,49H,8-18H2,1-3H3,(H2,38,51)(H,44,53)(H,45,50)(H,46,55)(H,47,52)(H,48,54)/t21-,23-,24-,25-,26-,27+,28+,29+,30+,31+/m0/s1. The lowest BCUT2D eigenvalue weighted by atomic mass is 9.94. The van der Waals surface area contributed by atoms with Crippen molar-refractivity contribution in [3.05, 3.63) is 29.8 Å². The van der Waals surface area contributed by atoms with Crippen LogP contribution in [0, 0.1) is 35.5 Å². The number of aromatic hydroxyl groups is 1. The van der Waals surface area contributed by atoms with E-state index in [-0.39, 0.29) is 72.5 Å². The van der Waals surface area contributed by atoms with Crippen LogP contribution >= 0.6 is 0 Å². The van der Waals surface area contributed by atoms with Crippen LogP contribution in [0.4, 0.5) is 0 Å². The van der Waals surface area contributed by atoms with Crippen LogP contribution < -0.4 is 58.9 Å². The SMILES string of the molecule is CN[C@@H]1CNC[C@@H]1C(=O)N[C@@H]1CNC[C@@H]1C(=O)NC[C@H](Cc1ccc(O)cc1)C(=O)N[C@@H]1CNC[C@@H]1C(=O)N[C@H](CC(=O)N[C@@H]1CNC[C@@H]1C(N)=O)C(C)C. The van der Waals surface area contributed by atoms with Gasteiger partial charge in [-0.1, -0.05) is 26.0 Å². The van der Waals surface area contributed by atoms with E-state index in [4.69, 9.17) is 5.73 Å². The molecule has 4 heterocycles. The Kier molecular flexibility index (Phi) is 14.8. The molecule has 18 nitrogen and oxygen atoms in total. The zero-order valence-electron chi connectivity index (χ0n) is 31.9. The summed E-state index contributed by atoms with van der Waals surface area (Å²) in [7, 11) is 1.82. The number of nitrogens with one attached hydrogen (secondary N) is 10. The van der Waals surface area contributed by atoms with Gasteiger partial charge in [0.1, 0.15) is 5.75 Å². The smallest absolute Gasteiger partial charge is 0.226 e. The summed E-state index contributed by atoms with van der Waals surface area (Å²) in [5, 5.41) is 40.6. The number of hydrogen-bond acceptors (Lipinski definition) is 12. The monoisotopic (exact) mass is 769 g/mol. The minimum absolute atomic E-state index is 0.00275. The van der Waals surface area contributed by atoms with Crippen molar-refractivity contribution in [1.82, 2.24) is 53.2 Å². The second-order valence-corrected chi connectivity index (χ2v) is 15.6. The molecule has 4 aliphatic rings.